The SMILES string of the molecule is Cc1ccc(-c2nc3ccccc3c(=O)n2-c2ccc(C(=O)NN3C(=O)/C(=C\c4cccc(Cl)c4)SC3c3ccc(F)cc3)cc2)cc1. The van der Waals surface area contributed by atoms with Crippen LogP contribution in [0.2, 0.25) is 5.02 Å². The number of aromatic nitrogens is 2. The fourth-order valence-electron chi connectivity index (χ4n) is 5.45. The lowest BCUT2D eigenvalue weighted by molar-refractivity contribution is -0.128. The van der Waals surface area contributed by atoms with E-state index in [1.165, 1.54) is 33.5 Å². The maximum Gasteiger partial charge on any atom is 0.280 e. The third kappa shape index (κ3) is 6.13. The molecule has 5 aromatic carbocycles. The third-order valence-corrected chi connectivity index (χ3v) is 9.39. The number of carbonyl (C=O) groups is 2. The third-order valence-electron chi connectivity index (χ3n) is 7.90. The Morgan fingerprint density at radius 3 is 2.35 bits per heavy atom. The summed E-state index contributed by atoms with van der Waals surface area (Å²) < 4.78 is 15.3. The van der Waals surface area contributed by atoms with Gasteiger partial charge in [0, 0.05) is 16.1 Å². The summed E-state index contributed by atoms with van der Waals surface area (Å²) in [5, 5.41) is 1.59. The number of hydrogen-bond acceptors (Lipinski definition) is 5. The molecule has 2 heterocycles. The average molecular weight is 673 g/mol. The van der Waals surface area contributed by atoms with Crippen LogP contribution in [0.25, 0.3) is 34.1 Å². The van der Waals surface area contributed by atoms with Crippen molar-refractivity contribution in [2.24, 2.45) is 0 Å². The Kier molecular flexibility index (Phi) is 8.39. The number of halogens is 2. The molecule has 0 spiro atoms. The number of aryl methyl sites for hydroxylation is 1. The van der Waals surface area contributed by atoms with Crippen LogP contribution in [0.1, 0.15) is 32.4 Å². The Morgan fingerprint density at radius 2 is 1.62 bits per heavy atom. The molecule has 1 N–H and O–H groups in total. The van der Waals surface area contributed by atoms with Crippen molar-refractivity contribution in [3.8, 4) is 17.1 Å². The number of nitrogens with one attached hydrogen (secondary N) is 1. The minimum Gasteiger partial charge on any atom is -0.268 e. The predicted molar refractivity (Wildman–Crippen MR) is 188 cm³/mol. The highest BCUT2D eigenvalue weighted by Crippen LogP contribution is 2.45. The van der Waals surface area contributed by atoms with Crippen molar-refractivity contribution in [3.63, 3.8) is 0 Å². The van der Waals surface area contributed by atoms with Crippen LogP contribution in [0.4, 0.5) is 4.39 Å². The Labute approximate surface area is 284 Å². The van der Waals surface area contributed by atoms with Crippen molar-refractivity contribution in [3.05, 3.63) is 170 Å². The molecule has 48 heavy (non-hydrogen) atoms. The number of carbonyl (C=O) groups excluding carboxylic acids is 2. The van der Waals surface area contributed by atoms with Crippen LogP contribution in [0.15, 0.2) is 131 Å². The van der Waals surface area contributed by atoms with Gasteiger partial charge in [-0.1, -0.05) is 89.6 Å². The molecule has 7 nitrogen and oxygen atoms in total. The highest BCUT2D eigenvalue weighted by molar-refractivity contribution is 8.04. The molecule has 1 aromatic heterocycles. The molecule has 0 radical (unpaired) electrons. The number of fused-ring (bicyclic) bond motifs is 1. The van der Waals surface area contributed by atoms with E-state index < -0.39 is 23.0 Å². The van der Waals surface area contributed by atoms with Gasteiger partial charge < -0.3 is 0 Å². The average Bonchev–Trinajstić information content (AvgIpc) is 3.39. The van der Waals surface area contributed by atoms with Crippen LogP contribution < -0.4 is 11.0 Å². The quantitative estimate of drug-likeness (QED) is 0.181. The summed E-state index contributed by atoms with van der Waals surface area (Å²) in [6.07, 6.45) is 1.71. The first-order valence-electron chi connectivity index (χ1n) is 15.0. The van der Waals surface area contributed by atoms with Gasteiger partial charge in [-0.15, -0.1) is 0 Å². The van der Waals surface area contributed by atoms with Crippen molar-refractivity contribution < 1.29 is 14.0 Å². The highest BCUT2D eigenvalue weighted by atomic mass is 35.5. The first kappa shape index (κ1) is 31.1. The van der Waals surface area contributed by atoms with Crippen molar-refractivity contribution in [1.82, 2.24) is 20.0 Å². The number of amides is 2. The van der Waals surface area contributed by atoms with Crippen molar-refractivity contribution in [2.75, 3.05) is 0 Å². The van der Waals surface area contributed by atoms with Gasteiger partial charge in [0.2, 0.25) is 0 Å². The fourth-order valence-corrected chi connectivity index (χ4v) is 6.84. The fraction of sp³-hybridized carbons (Fsp3) is 0.0526. The normalized spacial score (nSPS) is 15.3. The molecule has 1 unspecified atom stereocenters. The lowest BCUT2D eigenvalue weighted by Gasteiger charge is -2.24. The number of hydrogen-bond donors (Lipinski definition) is 1. The zero-order valence-electron chi connectivity index (χ0n) is 25.4. The summed E-state index contributed by atoms with van der Waals surface area (Å²) in [4.78, 5) is 46.3. The smallest absolute Gasteiger partial charge is 0.268 e. The molecule has 0 aliphatic carbocycles. The van der Waals surface area contributed by atoms with Crippen LogP contribution >= 0.6 is 23.4 Å². The standard InChI is InChI=1S/C38H26ClFN4O3S/c1-23-9-11-25(12-10-23)34-41-32-8-3-2-7-31(32)36(46)43(34)30-19-15-26(16-20-30)35(45)42-44-37(47)33(22-24-5-4-6-28(39)21-24)48-38(44)27-13-17-29(40)18-14-27/h2-22,38H,1H3,(H,42,45)/b33-22+. The summed E-state index contributed by atoms with van der Waals surface area (Å²) in [5.74, 6) is -0.897. The zero-order chi connectivity index (χ0) is 33.4. The van der Waals surface area contributed by atoms with Gasteiger partial charge in [0.1, 0.15) is 17.0 Å². The number of benzene rings is 5. The maximum absolute atomic E-state index is 13.8. The molecule has 0 bridgehead atoms. The van der Waals surface area contributed by atoms with E-state index >= 15 is 0 Å². The molecule has 10 heteroatoms. The summed E-state index contributed by atoms with van der Waals surface area (Å²) in [6, 6.07) is 34.3. The molecule has 236 valence electrons. The summed E-state index contributed by atoms with van der Waals surface area (Å²) in [6.45, 7) is 1.99. The van der Waals surface area contributed by atoms with Crippen molar-refractivity contribution >= 4 is 52.2 Å². The van der Waals surface area contributed by atoms with Crippen molar-refractivity contribution in [2.45, 2.75) is 12.3 Å². The van der Waals surface area contributed by atoms with E-state index in [-0.39, 0.29) is 11.1 Å². The van der Waals surface area contributed by atoms with E-state index in [9.17, 15) is 18.8 Å². The minimum atomic E-state index is -0.647. The molecule has 6 aromatic rings. The monoisotopic (exact) mass is 672 g/mol. The van der Waals surface area contributed by atoms with E-state index in [2.05, 4.69) is 5.43 Å². The molecule has 1 saturated heterocycles. The van der Waals surface area contributed by atoms with E-state index in [1.807, 2.05) is 43.3 Å². The van der Waals surface area contributed by atoms with Gasteiger partial charge in [0.05, 0.1) is 21.5 Å². The maximum atomic E-state index is 13.8. The van der Waals surface area contributed by atoms with Crippen molar-refractivity contribution in [1.29, 1.82) is 0 Å². The van der Waals surface area contributed by atoms with E-state index in [4.69, 9.17) is 16.6 Å². The molecule has 1 aliphatic rings. The number of thioether (sulfide) groups is 1. The van der Waals surface area contributed by atoms with Crippen LogP contribution in [-0.4, -0.2) is 26.4 Å². The second-order valence-corrected chi connectivity index (χ2v) is 12.8. The second kappa shape index (κ2) is 12.9. The topological polar surface area (TPSA) is 84.3 Å². The summed E-state index contributed by atoms with van der Waals surface area (Å²) in [7, 11) is 0. The molecule has 1 fully saturated rings. The number of hydrazine groups is 1. The van der Waals surface area contributed by atoms with E-state index in [0.29, 0.717) is 37.9 Å². The van der Waals surface area contributed by atoms with Crippen LogP contribution in [0.3, 0.4) is 0 Å². The first-order chi connectivity index (χ1) is 23.2. The van der Waals surface area contributed by atoms with E-state index in [1.54, 1.807) is 78.9 Å². The number of para-hydroxylation sites is 1. The predicted octanol–water partition coefficient (Wildman–Crippen LogP) is 8.11. The molecule has 1 atom stereocenters. The molecule has 1 aliphatic heterocycles. The van der Waals surface area contributed by atoms with Gasteiger partial charge in [-0.25, -0.2) is 14.4 Å². The molecular weight excluding hydrogens is 647 g/mol. The molecule has 0 saturated carbocycles. The second-order valence-electron chi connectivity index (χ2n) is 11.2. The van der Waals surface area contributed by atoms with Crippen LogP contribution in [0, 0.1) is 12.7 Å². The van der Waals surface area contributed by atoms with Gasteiger partial charge in [-0.3, -0.25) is 24.4 Å². The lowest BCUT2D eigenvalue weighted by Crippen LogP contribution is -2.44. The first-order valence-corrected chi connectivity index (χ1v) is 16.2. The Bertz CT molecular complexity index is 2290. The van der Waals surface area contributed by atoms with Gasteiger partial charge in [0.25, 0.3) is 17.4 Å². The Hall–Kier alpha value is -5.51. The van der Waals surface area contributed by atoms with E-state index in [0.717, 1.165) is 16.7 Å². The Balaban J connectivity index is 1.21. The van der Waals surface area contributed by atoms with Gasteiger partial charge >= 0.3 is 0 Å². The zero-order valence-corrected chi connectivity index (χ0v) is 27.0. The number of rotatable bonds is 6. The summed E-state index contributed by atoms with van der Waals surface area (Å²) in [5.41, 5.74) is 7.08. The minimum absolute atomic E-state index is 0.241. The highest BCUT2D eigenvalue weighted by Gasteiger charge is 2.38. The number of nitrogens with zero attached hydrogens (tertiary/aromatic N) is 3. The van der Waals surface area contributed by atoms with Crippen LogP contribution in [-0.2, 0) is 4.79 Å². The van der Waals surface area contributed by atoms with Gasteiger partial charge in [0.15, 0.2) is 0 Å². The van der Waals surface area contributed by atoms with Gasteiger partial charge in [-0.2, -0.15) is 0 Å². The lowest BCUT2D eigenvalue weighted by atomic mass is 10.1. The Morgan fingerprint density at radius 1 is 0.896 bits per heavy atom. The molecule has 7 rings (SSSR count). The molecule has 2 amide bonds. The largest absolute Gasteiger partial charge is 0.280 e. The molecular formula is C38H26ClFN4O3S. The van der Waals surface area contributed by atoms with Crippen LogP contribution in [0.5, 0.6) is 0 Å². The summed E-state index contributed by atoms with van der Waals surface area (Å²) >= 11 is 7.39. The van der Waals surface area contributed by atoms with Gasteiger partial charge in [-0.05, 0) is 84.8 Å².